The molecule has 11 heteroatoms. The lowest BCUT2D eigenvalue weighted by Gasteiger charge is -2.39. The van der Waals surface area contributed by atoms with E-state index in [-0.39, 0.29) is 17.8 Å². The number of hydrogen-bond donors (Lipinski definition) is 2. The number of anilines is 1. The molecule has 5 aliphatic rings. The zero-order chi connectivity index (χ0) is 37.2. The molecule has 1 amide bonds. The van der Waals surface area contributed by atoms with E-state index in [1.807, 2.05) is 6.07 Å². The zero-order valence-corrected chi connectivity index (χ0v) is 31.2. The topological polar surface area (TPSA) is 127 Å². The van der Waals surface area contributed by atoms with Crippen LogP contribution in [0.5, 0.6) is 11.5 Å². The van der Waals surface area contributed by atoms with Crippen molar-refractivity contribution in [2.75, 3.05) is 70.7 Å². The molecule has 0 spiro atoms. The van der Waals surface area contributed by atoms with Crippen LogP contribution < -0.4 is 30.1 Å². The Morgan fingerprint density at radius 1 is 0.852 bits per heavy atom. The molecule has 0 radical (unpaired) electrons. The minimum absolute atomic E-state index is 0.0569. The van der Waals surface area contributed by atoms with E-state index in [1.165, 1.54) is 33.3 Å². The van der Waals surface area contributed by atoms with Gasteiger partial charge in [0.25, 0.3) is 0 Å². The van der Waals surface area contributed by atoms with Gasteiger partial charge in [0.05, 0.1) is 37.6 Å². The highest BCUT2D eigenvalue weighted by Crippen LogP contribution is 2.49. The molecule has 0 atom stereocenters. The molecule has 284 valence electrons. The van der Waals surface area contributed by atoms with Gasteiger partial charge in [0.1, 0.15) is 24.6 Å². The van der Waals surface area contributed by atoms with Gasteiger partial charge in [-0.2, -0.15) is 0 Å². The van der Waals surface area contributed by atoms with Gasteiger partial charge in [-0.05, 0) is 87.3 Å². The molecule has 2 N–H and O–H groups in total. The Kier molecular flexibility index (Phi) is 10.7. The average molecular weight is 737 g/mol. The minimum atomic E-state index is -1.02. The summed E-state index contributed by atoms with van der Waals surface area (Å²) in [5.74, 6) is 0.640. The number of fused-ring (bicyclic) bond motifs is 4. The van der Waals surface area contributed by atoms with Crippen molar-refractivity contribution in [3.8, 4) is 11.5 Å². The molecule has 3 aromatic rings. The number of carbonyl (C=O) groups is 3. The normalized spacial score (nSPS) is 16.4. The van der Waals surface area contributed by atoms with Crippen LogP contribution in [-0.2, 0) is 39.9 Å². The monoisotopic (exact) mass is 736 g/mol. The Hall–Kier alpha value is -4.74. The summed E-state index contributed by atoms with van der Waals surface area (Å²) in [4.78, 5) is 40.6. The Balaban J connectivity index is 1.11. The zero-order valence-electron chi connectivity index (χ0n) is 31.2. The van der Waals surface area contributed by atoms with Crippen LogP contribution in [0.1, 0.15) is 99.5 Å². The van der Waals surface area contributed by atoms with E-state index >= 15 is 0 Å². The predicted octanol–water partition coefficient (Wildman–Crippen LogP) is 4.56. The molecule has 8 rings (SSSR count). The number of hydrogen-bond acceptors (Lipinski definition) is 8. The minimum Gasteiger partial charge on any atom is -0.478 e. The van der Waals surface area contributed by atoms with E-state index in [2.05, 4.69) is 26.9 Å². The van der Waals surface area contributed by atoms with Gasteiger partial charge in [0, 0.05) is 84.2 Å². The lowest BCUT2D eigenvalue weighted by atomic mass is 9.81. The number of benzene rings is 3. The highest BCUT2D eigenvalue weighted by Gasteiger charge is 2.36. The number of nitrogens with zero attached hydrogens (tertiary/aromatic N) is 2. The van der Waals surface area contributed by atoms with E-state index < -0.39 is 12.1 Å². The number of alkyl carbamates (subject to hydrolysis) is 1. The summed E-state index contributed by atoms with van der Waals surface area (Å²) >= 11 is 0. The Morgan fingerprint density at radius 3 is 2.43 bits per heavy atom. The lowest BCUT2D eigenvalue weighted by Crippen LogP contribution is -2.45. The largest absolute Gasteiger partial charge is 0.478 e. The van der Waals surface area contributed by atoms with Crippen LogP contribution in [0.4, 0.5) is 10.5 Å². The van der Waals surface area contributed by atoms with Gasteiger partial charge in [-0.3, -0.25) is 4.79 Å². The molecule has 11 nitrogen and oxygen atoms in total. The molecule has 3 aromatic carbocycles. The summed E-state index contributed by atoms with van der Waals surface area (Å²) in [6, 6.07) is 9.59. The molecule has 0 bridgehead atoms. The summed E-state index contributed by atoms with van der Waals surface area (Å²) in [5.41, 5.74) is 9.42. The first-order valence-corrected chi connectivity index (χ1v) is 19.8. The molecule has 0 saturated heterocycles. The number of rotatable bonds is 14. The standard InChI is InChI=1S/C43H49N3O8/c1-2-53-43(50)44-15-21-52-23-22-51-20-7-12-36(47)27-13-14-30(42(48)49)33(24-27)37-34-25-28-8-3-16-45-18-5-10-31(38(28)45)40(34)54-41-32-11-6-19-46-17-4-9-29(39(32)46)26-35(37)41/h13-14,24-26H,2-12,15-23H2,1H3,(H-,44,48,49,50)/p+1. The van der Waals surface area contributed by atoms with Gasteiger partial charge < -0.3 is 34.3 Å². The Labute approximate surface area is 315 Å². The van der Waals surface area contributed by atoms with Crippen LogP contribution in [0.25, 0.3) is 5.57 Å². The highest BCUT2D eigenvalue weighted by atomic mass is 16.5. The molecular formula is C43H50N3O8+. The molecule has 54 heavy (non-hydrogen) atoms. The van der Waals surface area contributed by atoms with Crippen molar-refractivity contribution in [1.82, 2.24) is 9.89 Å². The molecule has 0 unspecified atom stereocenters. The van der Waals surface area contributed by atoms with Gasteiger partial charge in [0.2, 0.25) is 5.36 Å². The number of carboxylic acid groups (broad SMARTS) is 1. The number of Topliss-reactive ketones (excluding diaryl/α,β-unsaturated/α-hetero) is 1. The van der Waals surface area contributed by atoms with E-state index in [9.17, 15) is 19.5 Å². The molecule has 0 aromatic heterocycles. The van der Waals surface area contributed by atoms with Gasteiger partial charge in [-0.25, -0.2) is 14.2 Å². The molecule has 0 aliphatic carbocycles. The van der Waals surface area contributed by atoms with Crippen molar-refractivity contribution >= 4 is 29.1 Å². The Bertz CT molecular complexity index is 2120. The summed E-state index contributed by atoms with van der Waals surface area (Å²) < 4.78 is 25.7. The third-order valence-electron chi connectivity index (χ3n) is 11.4. The summed E-state index contributed by atoms with van der Waals surface area (Å²) in [5, 5.41) is 15.5. The quantitative estimate of drug-likeness (QED) is 0.109. The fourth-order valence-corrected chi connectivity index (χ4v) is 9.12. The Morgan fingerprint density at radius 2 is 1.61 bits per heavy atom. The van der Waals surface area contributed by atoms with Crippen molar-refractivity contribution in [1.29, 1.82) is 0 Å². The number of nitrogens with one attached hydrogen (secondary N) is 1. The first-order valence-electron chi connectivity index (χ1n) is 19.8. The number of amides is 1. The summed E-state index contributed by atoms with van der Waals surface area (Å²) in [6.07, 6.45) is 8.38. The maximum Gasteiger partial charge on any atom is 0.407 e. The summed E-state index contributed by atoms with van der Waals surface area (Å²) in [6.45, 7) is 8.07. The molecule has 0 saturated carbocycles. The molecule has 5 aliphatic heterocycles. The van der Waals surface area contributed by atoms with Crippen LogP contribution in [0.3, 0.4) is 0 Å². The van der Waals surface area contributed by atoms with E-state index in [1.54, 1.807) is 19.1 Å². The van der Waals surface area contributed by atoms with E-state index in [0.717, 1.165) is 105 Å². The molecule has 5 heterocycles. The third-order valence-corrected chi connectivity index (χ3v) is 11.4. The number of carbonyl (C=O) groups excluding carboxylic acids is 2. The van der Waals surface area contributed by atoms with Gasteiger partial charge in [0.15, 0.2) is 5.78 Å². The van der Waals surface area contributed by atoms with Gasteiger partial charge in [-0.15, -0.1) is 0 Å². The highest BCUT2D eigenvalue weighted by molar-refractivity contribution is 6.03. The van der Waals surface area contributed by atoms with Crippen molar-refractivity contribution in [2.24, 2.45) is 0 Å². The molecular weight excluding hydrogens is 686 g/mol. The fourth-order valence-electron chi connectivity index (χ4n) is 9.12. The van der Waals surface area contributed by atoms with Crippen molar-refractivity contribution in [2.45, 2.75) is 71.1 Å². The fraction of sp³-hybridized carbons (Fsp3) is 0.488. The second kappa shape index (κ2) is 15.9. The number of aryl methyl sites for hydroxylation is 2. The average Bonchev–Trinajstić information content (AvgIpc) is 3.18. The number of ketones is 1. The van der Waals surface area contributed by atoms with Crippen LogP contribution >= 0.6 is 0 Å². The smallest absolute Gasteiger partial charge is 0.407 e. The third kappa shape index (κ3) is 6.99. The van der Waals surface area contributed by atoms with Crippen molar-refractivity contribution in [3.05, 3.63) is 85.4 Å². The van der Waals surface area contributed by atoms with Gasteiger partial charge >= 0.3 is 12.1 Å². The van der Waals surface area contributed by atoms with Crippen LogP contribution in [0, 0.1) is 0 Å². The van der Waals surface area contributed by atoms with Crippen LogP contribution in [0.15, 0.2) is 30.3 Å². The second-order valence-corrected chi connectivity index (χ2v) is 14.8. The van der Waals surface area contributed by atoms with Crippen LogP contribution in [0.2, 0.25) is 0 Å². The van der Waals surface area contributed by atoms with Crippen LogP contribution in [-0.4, -0.2) is 88.7 Å². The predicted molar refractivity (Wildman–Crippen MR) is 204 cm³/mol. The lowest BCUT2D eigenvalue weighted by molar-refractivity contribution is 0.0466. The van der Waals surface area contributed by atoms with Crippen molar-refractivity contribution < 1.29 is 38.4 Å². The SMILES string of the molecule is CCOC(=O)NCCOCCOCCCC(=O)c1ccc(C(=O)O)c(C2=c3cc4c5c(c3Oc3c2cc2c6c3CCCN6CCC2)CCC[N+]=5CCC4)c1. The maximum absolute atomic E-state index is 13.7. The number of ether oxygens (including phenoxy) is 4. The van der Waals surface area contributed by atoms with E-state index in [0.29, 0.717) is 57.1 Å². The first kappa shape index (κ1) is 36.2. The number of aromatic carboxylic acids is 1. The number of carboxylic acids is 1. The molecule has 0 fully saturated rings. The van der Waals surface area contributed by atoms with Crippen molar-refractivity contribution in [3.63, 3.8) is 0 Å². The maximum atomic E-state index is 13.7. The summed E-state index contributed by atoms with van der Waals surface area (Å²) in [7, 11) is 0. The van der Waals surface area contributed by atoms with Gasteiger partial charge in [-0.1, -0.05) is 6.07 Å². The van der Waals surface area contributed by atoms with E-state index in [4.69, 9.17) is 18.9 Å². The first-order chi connectivity index (χ1) is 26.4. The second-order valence-electron chi connectivity index (χ2n) is 14.8.